The van der Waals surface area contributed by atoms with Crippen molar-refractivity contribution < 1.29 is 19.2 Å². The Kier molecular flexibility index (Phi) is 5.16. The fourth-order valence-electron chi connectivity index (χ4n) is 2.25. The van der Waals surface area contributed by atoms with Gasteiger partial charge in [0.25, 0.3) is 5.91 Å². The molecule has 2 N–H and O–H groups in total. The molecule has 0 radical (unpaired) electrons. The van der Waals surface area contributed by atoms with Crippen LogP contribution in [0.4, 0.5) is 0 Å². The summed E-state index contributed by atoms with van der Waals surface area (Å²) in [4.78, 5) is 12.0. The molecule has 22 heavy (non-hydrogen) atoms. The van der Waals surface area contributed by atoms with Gasteiger partial charge < -0.3 is 19.7 Å². The molecule has 1 heterocycles. The summed E-state index contributed by atoms with van der Waals surface area (Å²) in [5.74, 6) is 0.851. The number of carbonyl (C=O) groups is 1. The molecule has 0 saturated heterocycles. The van der Waals surface area contributed by atoms with Gasteiger partial charge in [0.1, 0.15) is 11.3 Å². The number of methoxy groups -OCH3 is 1. The van der Waals surface area contributed by atoms with Crippen LogP contribution >= 0.6 is 0 Å². The standard InChI is InChI=1S/C16H20N2O4/c1-4-12-15(16(20)17-2)14(22-18-12)9-13(19)10-5-7-11(21-3)8-6-10/h5-8,13,19H,4,9H2,1-3H3,(H,17,20). The average Bonchev–Trinajstić information content (AvgIpc) is 2.96. The first-order chi connectivity index (χ1) is 10.6. The molecule has 0 bridgehead atoms. The number of rotatable bonds is 6. The van der Waals surface area contributed by atoms with Gasteiger partial charge in [-0.1, -0.05) is 24.2 Å². The monoisotopic (exact) mass is 304 g/mol. The molecule has 0 spiro atoms. The van der Waals surface area contributed by atoms with Crippen molar-refractivity contribution >= 4 is 5.91 Å². The van der Waals surface area contributed by atoms with Crippen LogP contribution in [-0.4, -0.2) is 30.3 Å². The van der Waals surface area contributed by atoms with E-state index < -0.39 is 6.10 Å². The van der Waals surface area contributed by atoms with Crippen molar-refractivity contribution in [3.8, 4) is 5.75 Å². The van der Waals surface area contributed by atoms with Gasteiger partial charge in [-0.05, 0) is 24.1 Å². The molecule has 0 aliphatic heterocycles. The molecular weight excluding hydrogens is 284 g/mol. The number of benzene rings is 1. The number of carbonyl (C=O) groups excluding carboxylic acids is 1. The molecule has 1 aromatic carbocycles. The van der Waals surface area contributed by atoms with E-state index in [0.717, 1.165) is 11.3 Å². The van der Waals surface area contributed by atoms with Gasteiger partial charge in [0.15, 0.2) is 5.76 Å². The minimum atomic E-state index is -0.785. The van der Waals surface area contributed by atoms with Crippen LogP contribution in [0.15, 0.2) is 28.8 Å². The summed E-state index contributed by atoms with van der Waals surface area (Å²) in [6.07, 6.45) is -0.0144. The maximum atomic E-state index is 12.0. The Morgan fingerprint density at radius 2 is 2.09 bits per heavy atom. The zero-order valence-electron chi connectivity index (χ0n) is 12.9. The Balaban J connectivity index is 2.22. The Bertz CT molecular complexity index is 634. The molecule has 1 aromatic heterocycles. The van der Waals surface area contributed by atoms with Crippen molar-refractivity contribution in [2.75, 3.05) is 14.2 Å². The van der Waals surface area contributed by atoms with E-state index in [9.17, 15) is 9.90 Å². The topological polar surface area (TPSA) is 84.6 Å². The molecule has 2 aromatic rings. The molecule has 0 fully saturated rings. The molecule has 0 aliphatic rings. The fourth-order valence-corrected chi connectivity index (χ4v) is 2.25. The largest absolute Gasteiger partial charge is 0.497 e. The van der Waals surface area contributed by atoms with E-state index in [1.54, 1.807) is 38.4 Å². The number of ether oxygens (including phenoxy) is 1. The molecule has 0 saturated carbocycles. The van der Waals surface area contributed by atoms with Gasteiger partial charge in [-0.25, -0.2) is 0 Å². The first-order valence-electron chi connectivity index (χ1n) is 7.12. The summed E-state index contributed by atoms with van der Waals surface area (Å²) in [6.45, 7) is 1.90. The van der Waals surface area contributed by atoms with Crippen LogP contribution in [0.2, 0.25) is 0 Å². The molecular formula is C16H20N2O4. The maximum Gasteiger partial charge on any atom is 0.256 e. The first kappa shape index (κ1) is 16.0. The number of hydrogen-bond acceptors (Lipinski definition) is 5. The highest BCUT2D eigenvalue weighted by atomic mass is 16.5. The predicted molar refractivity (Wildman–Crippen MR) is 80.9 cm³/mol. The van der Waals surface area contributed by atoms with Crippen LogP contribution in [0.25, 0.3) is 0 Å². The van der Waals surface area contributed by atoms with Crippen molar-refractivity contribution in [3.63, 3.8) is 0 Å². The fraction of sp³-hybridized carbons (Fsp3) is 0.375. The molecule has 1 atom stereocenters. The summed E-state index contributed by atoms with van der Waals surface area (Å²) in [5.41, 5.74) is 1.73. The van der Waals surface area contributed by atoms with Crippen LogP contribution < -0.4 is 10.1 Å². The Morgan fingerprint density at radius 3 is 2.64 bits per heavy atom. The van der Waals surface area contributed by atoms with Gasteiger partial charge in [-0.3, -0.25) is 4.79 Å². The van der Waals surface area contributed by atoms with E-state index in [1.165, 1.54) is 0 Å². The lowest BCUT2D eigenvalue weighted by Crippen LogP contribution is -2.20. The molecule has 2 rings (SSSR count). The van der Waals surface area contributed by atoms with Gasteiger partial charge >= 0.3 is 0 Å². The van der Waals surface area contributed by atoms with Crippen LogP contribution in [0, 0.1) is 0 Å². The second-order valence-corrected chi connectivity index (χ2v) is 4.85. The number of nitrogens with one attached hydrogen (secondary N) is 1. The van der Waals surface area contributed by atoms with Crippen LogP contribution in [0.3, 0.4) is 0 Å². The van der Waals surface area contributed by atoms with Crippen molar-refractivity contribution in [1.29, 1.82) is 0 Å². The van der Waals surface area contributed by atoms with Gasteiger partial charge in [0.2, 0.25) is 0 Å². The average molecular weight is 304 g/mol. The molecule has 1 unspecified atom stereocenters. The molecule has 1 amide bonds. The Hall–Kier alpha value is -2.34. The number of amides is 1. The van der Waals surface area contributed by atoms with Crippen molar-refractivity contribution in [3.05, 3.63) is 46.8 Å². The van der Waals surface area contributed by atoms with Crippen molar-refractivity contribution in [1.82, 2.24) is 10.5 Å². The number of aromatic nitrogens is 1. The Labute approximate surface area is 129 Å². The second kappa shape index (κ2) is 7.09. The lowest BCUT2D eigenvalue weighted by molar-refractivity contribution is 0.0958. The quantitative estimate of drug-likeness (QED) is 0.851. The normalized spacial score (nSPS) is 12.0. The van der Waals surface area contributed by atoms with E-state index in [-0.39, 0.29) is 12.3 Å². The van der Waals surface area contributed by atoms with Gasteiger partial charge in [-0.2, -0.15) is 0 Å². The number of aliphatic hydroxyl groups excluding tert-OH is 1. The van der Waals surface area contributed by atoms with Crippen molar-refractivity contribution in [2.45, 2.75) is 25.9 Å². The van der Waals surface area contributed by atoms with E-state index in [0.29, 0.717) is 23.4 Å². The molecule has 6 nitrogen and oxygen atoms in total. The van der Waals surface area contributed by atoms with Gasteiger partial charge in [-0.15, -0.1) is 0 Å². The van der Waals surface area contributed by atoms with Crippen molar-refractivity contribution in [2.24, 2.45) is 0 Å². The predicted octanol–water partition coefficient (Wildman–Crippen LogP) is 1.88. The summed E-state index contributed by atoms with van der Waals surface area (Å²) in [6, 6.07) is 7.10. The molecule has 118 valence electrons. The minimum absolute atomic E-state index is 0.183. The second-order valence-electron chi connectivity index (χ2n) is 4.85. The van der Waals surface area contributed by atoms with E-state index in [2.05, 4.69) is 10.5 Å². The highest BCUT2D eigenvalue weighted by Crippen LogP contribution is 2.24. The zero-order chi connectivity index (χ0) is 16.1. The highest BCUT2D eigenvalue weighted by Gasteiger charge is 2.23. The van der Waals surface area contributed by atoms with Gasteiger partial charge in [0.05, 0.1) is 18.9 Å². The molecule has 6 heteroatoms. The van der Waals surface area contributed by atoms with Crippen LogP contribution in [0.5, 0.6) is 5.75 Å². The van der Waals surface area contributed by atoms with Crippen LogP contribution in [-0.2, 0) is 12.8 Å². The lowest BCUT2D eigenvalue weighted by atomic mass is 10.0. The third-order valence-electron chi connectivity index (χ3n) is 3.50. The summed E-state index contributed by atoms with van der Waals surface area (Å²) >= 11 is 0. The summed E-state index contributed by atoms with van der Waals surface area (Å²) in [7, 11) is 3.14. The SMILES string of the molecule is CCc1noc(CC(O)c2ccc(OC)cc2)c1C(=O)NC. The number of nitrogens with zero attached hydrogens (tertiary/aromatic N) is 1. The van der Waals surface area contributed by atoms with Crippen LogP contribution in [0.1, 0.15) is 40.4 Å². The number of aryl methyl sites for hydroxylation is 1. The van der Waals surface area contributed by atoms with E-state index in [4.69, 9.17) is 9.26 Å². The minimum Gasteiger partial charge on any atom is -0.497 e. The Morgan fingerprint density at radius 1 is 1.41 bits per heavy atom. The zero-order valence-corrected chi connectivity index (χ0v) is 12.9. The maximum absolute atomic E-state index is 12.0. The number of hydrogen-bond donors (Lipinski definition) is 2. The highest BCUT2D eigenvalue weighted by molar-refractivity contribution is 5.96. The number of aliphatic hydroxyl groups is 1. The first-order valence-corrected chi connectivity index (χ1v) is 7.12. The lowest BCUT2D eigenvalue weighted by Gasteiger charge is -2.10. The summed E-state index contributed by atoms with van der Waals surface area (Å²) in [5, 5.41) is 16.8. The molecule has 0 aliphatic carbocycles. The third kappa shape index (κ3) is 3.28. The van der Waals surface area contributed by atoms with E-state index >= 15 is 0 Å². The third-order valence-corrected chi connectivity index (χ3v) is 3.50. The smallest absolute Gasteiger partial charge is 0.256 e. The summed E-state index contributed by atoms with van der Waals surface area (Å²) < 4.78 is 10.3. The van der Waals surface area contributed by atoms with E-state index in [1.807, 2.05) is 6.92 Å². The van der Waals surface area contributed by atoms with Gasteiger partial charge in [0, 0.05) is 13.5 Å².